The van der Waals surface area contributed by atoms with Crippen molar-refractivity contribution in [3.63, 3.8) is 0 Å². The van der Waals surface area contributed by atoms with Gasteiger partial charge in [-0.25, -0.2) is 14.8 Å². The highest BCUT2D eigenvalue weighted by atomic mass is 16.5. The Kier molecular flexibility index (Phi) is 7.90. The van der Waals surface area contributed by atoms with E-state index in [1.54, 1.807) is 18.5 Å². The molecule has 0 saturated carbocycles. The van der Waals surface area contributed by atoms with Gasteiger partial charge in [-0.2, -0.15) is 4.98 Å². The molecule has 2 atom stereocenters. The smallest absolute Gasteiger partial charge is 0.329 e. The number of hydrogen-bond donors (Lipinski definition) is 2. The summed E-state index contributed by atoms with van der Waals surface area (Å²) in [4.78, 5) is 32.0. The van der Waals surface area contributed by atoms with Crippen LogP contribution in [0.2, 0.25) is 0 Å². The first-order valence-electron chi connectivity index (χ1n) is 12.7. The zero-order valence-corrected chi connectivity index (χ0v) is 20.8. The summed E-state index contributed by atoms with van der Waals surface area (Å²) < 4.78 is 17.4. The third kappa shape index (κ3) is 6.42. The van der Waals surface area contributed by atoms with Gasteiger partial charge in [-0.3, -0.25) is 4.98 Å². The topological polar surface area (TPSA) is 124 Å². The molecular weight excluding hydrogens is 474 g/mol. The highest BCUT2D eigenvalue weighted by Crippen LogP contribution is 2.30. The largest absolute Gasteiger partial charge is 0.490 e. The summed E-state index contributed by atoms with van der Waals surface area (Å²) in [5.74, 6) is 2.83. The fourth-order valence-electron chi connectivity index (χ4n) is 4.45. The molecule has 0 radical (unpaired) electrons. The number of esters is 1. The second-order valence-corrected chi connectivity index (χ2v) is 8.88. The summed E-state index contributed by atoms with van der Waals surface area (Å²) in [6, 6.07) is 9.00. The number of benzene rings is 1. The molecule has 1 aromatic carbocycles. The SMILES string of the molecule is CCOc1ccccc1OC1CCCN(c2cncc(Nc3nccc(OC(=O)[C@@H]4CCCN4)n3)n2)C1. The number of aromatic nitrogens is 4. The van der Waals surface area contributed by atoms with Gasteiger partial charge < -0.3 is 29.7 Å². The highest BCUT2D eigenvalue weighted by molar-refractivity contribution is 5.78. The fraction of sp³-hybridized carbons (Fsp3) is 0.423. The first-order valence-corrected chi connectivity index (χ1v) is 12.7. The van der Waals surface area contributed by atoms with Crippen LogP contribution in [0.1, 0.15) is 32.6 Å². The standard InChI is InChI=1S/C26H31N7O4/c1-2-35-20-9-3-4-10-21(20)36-18-7-6-14-33(17-18)23-16-27-15-22(30-23)31-26-29-13-11-24(32-26)37-25(34)19-8-5-12-28-19/h3-4,9-11,13,15-16,18-19,28H,2,5-8,12,14,17H2,1H3,(H,29,30,31,32)/t18?,19-/m0/s1. The van der Waals surface area contributed by atoms with Crippen LogP contribution >= 0.6 is 0 Å². The van der Waals surface area contributed by atoms with Crippen LogP contribution in [0.15, 0.2) is 48.9 Å². The number of rotatable bonds is 9. The maximum Gasteiger partial charge on any atom is 0.329 e. The zero-order chi connectivity index (χ0) is 25.5. The lowest BCUT2D eigenvalue weighted by molar-refractivity contribution is -0.136. The van der Waals surface area contributed by atoms with Gasteiger partial charge in [0.15, 0.2) is 17.3 Å². The van der Waals surface area contributed by atoms with Crippen molar-refractivity contribution in [1.82, 2.24) is 25.3 Å². The maximum absolute atomic E-state index is 12.3. The van der Waals surface area contributed by atoms with Crippen LogP contribution in [0.4, 0.5) is 17.6 Å². The molecule has 0 aliphatic carbocycles. The third-order valence-corrected chi connectivity index (χ3v) is 6.19. The van der Waals surface area contributed by atoms with E-state index in [-0.39, 0.29) is 29.9 Å². The first kappa shape index (κ1) is 24.7. The molecule has 3 aromatic rings. The van der Waals surface area contributed by atoms with Crippen LogP contribution < -0.4 is 29.7 Å². The number of para-hydroxylation sites is 2. The number of hydrogen-bond acceptors (Lipinski definition) is 11. The van der Waals surface area contributed by atoms with Crippen LogP contribution in [0, 0.1) is 0 Å². The number of anilines is 3. The van der Waals surface area contributed by atoms with Crippen molar-refractivity contribution in [2.24, 2.45) is 0 Å². The molecule has 2 aliphatic rings. The van der Waals surface area contributed by atoms with Crippen LogP contribution in [-0.2, 0) is 4.79 Å². The lowest BCUT2D eigenvalue weighted by atomic mass is 10.1. The van der Waals surface area contributed by atoms with Gasteiger partial charge in [0.1, 0.15) is 18.0 Å². The van der Waals surface area contributed by atoms with Gasteiger partial charge in [-0.1, -0.05) is 12.1 Å². The Morgan fingerprint density at radius 2 is 2.03 bits per heavy atom. The number of carbonyl (C=O) groups is 1. The van der Waals surface area contributed by atoms with Crippen LogP contribution in [0.5, 0.6) is 17.4 Å². The second-order valence-electron chi connectivity index (χ2n) is 8.88. The summed E-state index contributed by atoms with van der Waals surface area (Å²) in [5.41, 5.74) is 0. The summed E-state index contributed by atoms with van der Waals surface area (Å²) in [7, 11) is 0. The molecule has 2 aliphatic heterocycles. The van der Waals surface area contributed by atoms with E-state index >= 15 is 0 Å². The predicted molar refractivity (Wildman–Crippen MR) is 137 cm³/mol. The van der Waals surface area contributed by atoms with E-state index < -0.39 is 0 Å². The quantitative estimate of drug-likeness (QED) is 0.417. The molecule has 11 heteroatoms. The Morgan fingerprint density at radius 3 is 2.86 bits per heavy atom. The van der Waals surface area contributed by atoms with Crippen LogP contribution in [0.3, 0.4) is 0 Å². The molecule has 0 bridgehead atoms. The Balaban J connectivity index is 1.22. The molecule has 2 fully saturated rings. The van der Waals surface area contributed by atoms with E-state index in [1.807, 2.05) is 31.2 Å². The highest BCUT2D eigenvalue weighted by Gasteiger charge is 2.25. The fourth-order valence-corrected chi connectivity index (χ4v) is 4.45. The average Bonchev–Trinajstić information content (AvgIpc) is 3.46. The van der Waals surface area contributed by atoms with Crippen molar-refractivity contribution in [1.29, 1.82) is 0 Å². The summed E-state index contributed by atoms with van der Waals surface area (Å²) >= 11 is 0. The van der Waals surface area contributed by atoms with E-state index in [1.165, 1.54) is 6.20 Å². The molecule has 0 amide bonds. The van der Waals surface area contributed by atoms with Crippen molar-refractivity contribution in [3.8, 4) is 17.4 Å². The Morgan fingerprint density at radius 1 is 1.14 bits per heavy atom. The lowest BCUT2D eigenvalue weighted by Crippen LogP contribution is -2.41. The van der Waals surface area contributed by atoms with E-state index in [9.17, 15) is 4.79 Å². The van der Waals surface area contributed by atoms with Gasteiger partial charge in [0, 0.05) is 18.8 Å². The van der Waals surface area contributed by atoms with Crippen molar-refractivity contribution < 1.29 is 19.0 Å². The van der Waals surface area contributed by atoms with Crippen molar-refractivity contribution in [3.05, 3.63) is 48.9 Å². The minimum atomic E-state index is -0.338. The molecule has 11 nitrogen and oxygen atoms in total. The monoisotopic (exact) mass is 505 g/mol. The van der Waals surface area contributed by atoms with Crippen molar-refractivity contribution >= 4 is 23.6 Å². The second kappa shape index (κ2) is 11.8. The molecule has 4 heterocycles. The average molecular weight is 506 g/mol. The molecule has 194 valence electrons. The van der Waals surface area contributed by atoms with Gasteiger partial charge in [0.2, 0.25) is 11.8 Å². The lowest BCUT2D eigenvalue weighted by Gasteiger charge is -2.33. The zero-order valence-electron chi connectivity index (χ0n) is 20.8. The molecule has 2 saturated heterocycles. The van der Waals surface area contributed by atoms with Gasteiger partial charge in [0.25, 0.3) is 0 Å². The molecule has 2 aromatic heterocycles. The number of nitrogens with one attached hydrogen (secondary N) is 2. The van der Waals surface area contributed by atoms with E-state index in [2.05, 4.69) is 30.5 Å². The first-order chi connectivity index (χ1) is 18.2. The summed E-state index contributed by atoms with van der Waals surface area (Å²) in [5, 5.41) is 6.18. The van der Waals surface area contributed by atoms with E-state index in [0.29, 0.717) is 19.0 Å². The maximum atomic E-state index is 12.3. The van der Waals surface area contributed by atoms with Gasteiger partial charge in [-0.05, 0) is 51.3 Å². The molecule has 5 rings (SSSR count). The number of ether oxygens (including phenoxy) is 3. The minimum absolute atomic E-state index is 0.00201. The predicted octanol–water partition coefficient (Wildman–Crippen LogP) is 3.11. The third-order valence-electron chi connectivity index (χ3n) is 6.19. The molecule has 2 N–H and O–H groups in total. The van der Waals surface area contributed by atoms with Gasteiger partial charge in [-0.15, -0.1) is 0 Å². The van der Waals surface area contributed by atoms with Gasteiger partial charge >= 0.3 is 5.97 Å². The summed E-state index contributed by atoms with van der Waals surface area (Å²) in [6.07, 6.45) is 8.49. The number of carbonyl (C=O) groups excluding carboxylic acids is 1. The summed E-state index contributed by atoms with van der Waals surface area (Å²) in [6.45, 7) is 4.88. The Bertz CT molecular complexity index is 1200. The molecule has 37 heavy (non-hydrogen) atoms. The number of piperidine rings is 1. The Hall–Kier alpha value is -3.99. The molecule has 0 spiro atoms. The van der Waals surface area contributed by atoms with E-state index in [0.717, 1.165) is 56.1 Å². The molecular formula is C26H31N7O4. The number of nitrogens with zero attached hydrogens (tertiary/aromatic N) is 5. The normalized spacial score (nSPS) is 19.3. The van der Waals surface area contributed by atoms with Crippen molar-refractivity contribution in [2.45, 2.75) is 44.8 Å². The minimum Gasteiger partial charge on any atom is -0.490 e. The van der Waals surface area contributed by atoms with Crippen LogP contribution in [-0.4, -0.2) is 64.3 Å². The van der Waals surface area contributed by atoms with Gasteiger partial charge in [0.05, 0.1) is 25.5 Å². The van der Waals surface area contributed by atoms with Crippen molar-refractivity contribution in [2.75, 3.05) is 36.5 Å². The Labute approximate surface area is 215 Å². The van der Waals surface area contributed by atoms with Crippen LogP contribution in [0.25, 0.3) is 0 Å². The van der Waals surface area contributed by atoms with E-state index in [4.69, 9.17) is 19.2 Å². The molecule has 1 unspecified atom stereocenters.